The fourth-order valence-electron chi connectivity index (χ4n) is 3.24. The molecule has 0 aliphatic carbocycles. The summed E-state index contributed by atoms with van der Waals surface area (Å²) in [6, 6.07) is 14.0. The zero-order chi connectivity index (χ0) is 18.3. The summed E-state index contributed by atoms with van der Waals surface area (Å²) < 4.78 is 10.5. The quantitative estimate of drug-likeness (QED) is 0.787. The van der Waals surface area contributed by atoms with Gasteiger partial charge in [0.2, 0.25) is 12.0 Å². The van der Waals surface area contributed by atoms with Gasteiger partial charge in [-0.1, -0.05) is 23.4 Å². The van der Waals surface area contributed by atoms with Crippen LogP contribution in [-0.2, 0) is 14.4 Å². The molecule has 0 aromatic heterocycles. The number of benzene rings is 2. The van der Waals surface area contributed by atoms with Crippen LogP contribution in [0.2, 0.25) is 0 Å². The predicted octanol–water partition coefficient (Wildman–Crippen LogP) is 2.00. The third kappa shape index (κ3) is 2.32. The minimum absolute atomic E-state index is 0.350. The largest absolute Gasteiger partial charge is 0.493 e. The van der Waals surface area contributed by atoms with Crippen LogP contribution in [0.1, 0.15) is 5.56 Å². The number of hydrogen-bond acceptors (Lipinski definition) is 6. The molecule has 7 nitrogen and oxygen atoms in total. The summed E-state index contributed by atoms with van der Waals surface area (Å²) in [5, 5.41) is 4.00. The summed E-state index contributed by atoms with van der Waals surface area (Å²) in [7, 11) is 3.07. The number of para-hydroxylation sites is 1. The number of rotatable bonds is 4. The number of imide groups is 1. The average Bonchev–Trinajstić information content (AvgIpc) is 3.22. The lowest BCUT2D eigenvalue weighted by molar-refractivity contribution is -0.126. The van der Waals surface area contributed by atoms with Crippen molar-refractivity contribution in [3.63, 3.8) is 0 Å². The van der Waals surface area contributed by atoms with Crippen LogP contribution in [0.15, 0.2) is 53.7 Å². The topological polar surface area (TPSA) is 77.4 Å². The zero-order valence-electron chi connectivity index (χ0n) is 14.2. The van der Waals surface area contributed by atoms with Crippen LogP contribution in [-0.4, -0.2) is 37.8 Å². The first-order chi connectivity index (χ1) is 12.7. The number of nitrogens with zero attached hydrogens (tertiary/aromatic N) is 2. The second-order valence-electron chi connectivity index (χ2n) is 5.90. The van der Waals surface area contributed by atoms with Gasteiger partial charge in [0.05, 0.1) is 19.9 Å². The van der Waals surface area contributed by atoms with Crippen molar-refractivity contribution in [3.8, 4) is 11.5 Å². The van der Waals surface area contributed by atoms with E-state index in [1.807, 2.05) is 6.07 Å². The fraction of sp³-hybridized carbons (Fsp3) is 0.211. The van der Waals surface area contributed by atoms with Crippen LogP contribution < -0.4 is 14.4 Å². The van der Waals surface area contributed by atoms with Gasteiger partial charge in [0, 0.05) is 5.56 Å². The van der Waals surface area contributed by atoms with Crippen LogP contribution >= 0.6 is 0 Å². The molecule has 2 aromatic rings. The summed E-state index contributed by atoms with van der Waals surface area (Å²) in [5.41, 5.74) is 1.58. The number of carbonyl (C=O) groups is 2. The molecule has 132 valence electrons. The Labute approximate surface area is 149 Å². The number of methoxy groups -OCH3 is 2. The van der Waals surface area contributed by atoms with Gasteiger partial charge in [-0.05, 0) is 30.3 Å². The highest BCUT2D eigenvalue weighted by atomic mass is 16.6. The van der Waals surface area contributed by atoms with Crippen LogP contribution in [0.3, 0.4) is 0 Å². The molecule has 2 atom stereocenters. The molecule has 0 spiro atoms. The Hall–Kier alpha value is -3.35. The number of oxime groups is 1. The Morgan fingerprint density at radius 1 is 0.962 bits per heavy atom. The minimum Gasteiger partial charge on any atom is -0.493 e. The first-order valence-electron chi connectivity index (χ1n) is 8.04. The van der Waals surface area contributed by atoms with Gasteiger partial charge >= 0.3 is 0 Å². The van der Waals surface area contributed by atoms with Crippen molar-refractivity contribution in [1.82, 2.24) is 0 Å². The lowest BCUT2D eigenvalue weighted by Crippen LogP contribution is -2.33. The number of hydrogen-bond donors (Lipinski definition) is 0. The second-order valence-corrected chi connectivity index (χ2v) is 5.90. The maximum Gasteiger partial charge on any atom is 0.278 e. The van der Waals surface area contributed by atoms with Crippen molar-refractivity contribution in [1.29, 1.82) is 0 Å². The van der Waals surface area contributed by atoms with Gasteiger partial charge in [-0.15, -0.1) is 0 Å². The molecular weight excluding hydrogens is 336 g/mol. The number of carbonyl (C=O) groups excluding carboxylic acids is 2. The number of fused-ring (bicyclic) bond motifs is 1. The first kappa shape index (κ1) is 16.1. The summed E-state index contributed by atoms with van der Waals surface area (Å²) in [4.78, 5) is 32.1. The van der Waals surface area contributed by atoms with Crippen LogP contribution in [0.25, 0.3) is 0 Å². The van der Waals surface area contributed by atoms with E-state index in [0.29, 0.717) is 28.5 Å². The lowest BCUT2D eigenvalue weighted by Gasteiger charge is -2.15. The Balaban J connectivity index is 1.70. The first-order valence-corrected chi connectivity index (χ1v) is 8.04. The average molecular weight is 352 g/mol. The van der Waals surface area contributed by atoms with Crippen LogP contribution in [0, 0.1) is 5.92 Å². The second kappa shape index (κ2) is 6.18. The van der Waals surface area contributed by atoms with Crippen molar-refractivity contribution >= 4 is 23.2 Å². The molecule has 1 fully saturated rings. The van der Waals surface area contributed by atoms with Crippen molar-refractivity contribution in [2.24, 2.45) is 11.1 Å². The lowest BCUT2D eigenvalue weighted by atomic mass is 9.94. The minimum atomic E-state index is -0.939. The van der Waals surface area contributed by atoms with Crippen LogP contribution in [0.5, 0.6) is 11.5 Å². The van der Waals surface area contributed by atoms with Gasteiger partial charge in [-0.25, -0.2) is 4.90 Å². The normalized spacial score (nSPS) is 21.3. The molecule has 2 aliphatic rings. The van der Waals surface area contributed by atoms with Crippen LogP contribution in [0.4, 0.5) is 5.69 Å². The molecule has 0 bridgehead atoms. The van der Waals surface area contributed by atoms with E-state index in [4.69, 9.17) is 14.3 Å². The van der Waals surface area contributed by atoms with Gasteiger partial charge < -0.3 is 14.3 Å². The van der Waals surface area contributed by atoms with E-state index in [1.54, 1.807) is 49.6 Å². The molecule has 0 saturated carbocycles. The van der Waals surface area contributed by atoms with E-state index < -0.39 is 17.9 Å². The summed E-state index contributed by atoms with van der Waals surface area (Å²) in [5.74, 6) is -0.469. The van der Waals surface area contributed by atoms with Gasteiger partial charge in [-0.2, -0.15) is 0 Å². The highest BCUT2D eigenvalue weighted by Crippen LogP contribution is 2.37. The molecule has 2 aliphatic heterocycles. The zero-order valence-corrected chi connectivity index (χ0v) is 14.2. The molecule has 2 heterocycles. The van der Waals surface area contributed by atoms with Crippen molar-refractivity contribution < 1.29 is 23.9 Å². The molecular formula is C19H16N2O5. The number of anilines is 1. The van der Waals surface area contributed by atoms with E-state index in [1.165, 1.54) is 7.11 Å². The van der Waals surface area contributed by atoms with Crippen molar-refractivity contribution in [3.05, 3.63) is 54.1 Å². The van der Waals surface area contributed by atoms with Crippen molar-refractivity contribution in [2.75, 3.05) is 19.1 Å². The Bertz CT molecular complexity index is 909. The fourth-order valence-corrected chi connectivity index (χ4v) is 3.24. The molecule has 7 heteroatoms. The molecule has 0 unspecified atom stereocenters. The van der Waals surface area contributed by atoms with E-state index in [2.05, 4.69) is 5.16 Å². The summed E-state index contributed by atoms with van der Waals surface area (Å²) >= 11 is 0. The molecule has 26 heavy (non-hydrogen) atoms. The van der Waals surface area contributed by atoms with E-state index in [9.17, 15) is 9.59 Å². The third-order valence-electron chi connectivity index (χ3n) is 4.51. The molecule has 2 aromatic carbocycles. The maximum atomic E-state index is 12.9. The number of ether oxygens (including phenoxy) is 2. The smallest absolute Gasteiger partial charge is 0.278 e. The van der Waals surface area contributed by atoms with Gasteiger partial charge in [0.25, 0.3) is 5.91 Å². The number of amides is 2. The Kier molecular flexibility index (Phi) is 3.84. The van der Waals surface area contributed by atoms with E-state index >= 15 is 0 Å². The molecule has 0 N–H and O–H groups in total. The maximum absolute atomic E-state index is 12.9. The molecule has 1 saturated heterocycles. The van der Waals surface area contributed by atoms with Gasteiger partial charge in [0.1, 0.15) is 11.6 Å². The highest BCUT2D eigenvalue weighted by molar-refractivity contribution is 6.32. The summed E-state index contributed by atoms with van der Waals surface area (Å²) in [6.07, 6.45) is -0.939. The standard InChI is InChI=1S/C19H16N2O5/c1-24-13-9-8-11(10-14(13)25-2)16-15-17(26-20-16)19(23)21(18(15)22)12-6-4-3-5-7-12/h3-10,15,17H,1-2H3/t15-,17+/m1/s1. The predicted molar refractivity (Wildman–Crippen MR) is 93.4 cm³/mol. The third-order valence-corrected chi connectivity index (χ3v) is 4.51. The Morgan fingerprint density at radius 3 is 2.38 bits per heavy atom. The van der Waals surface area contributed by atoms with E-state index in [-0.39, 0.29) is 5.91 Å². The van der Waals surface area contributed by atoms with E-state index in [0.717, 1.165) is 4.90 Å². The van der Waals surface area contributed by atoms with Crippen molar-refractivity contribution in [2.45, 2.75) is 6.10 Å². The van der Waals surface area contributed by atoms with Gasteiger partial charge in [-0.3, -0.25) is 9.59 Å². The SMILES string of the molecule is COc1ccc(C2=NO[C@@H]3C(=O)N(c4ccccc4)C(=O)[C@H]23)cc1OC. The highest BCUT2D eigenvalue weighted by Gasteiger charge is 2.56. The molecule has 4 rings (SSSR count). The molecule has 2 amide bonds. The molecule has 0 radical (unpaired) electrons. The van der Waals surface area contributed by atoms with Gasteiger partial charge in [0.15, 0.2) is 11.5 Å². The monoisotopic (exact) mass is 352 g/mol. The summed E-state index contributed by atoms with van der Waals surface area (Å²) in [6.45, 7) is 0. The Morgan fingerprint density at radius 2 is 1.69 bits per heavy atom.